The number of hydrogen-bond donors (Lipinski definition) is 2. The van der Waals surface area contributed by atoms with Crippen LogP contribution >= 0.6 is 11.3 Å². The molecular formula is C17H11N3O3S. The van der Waals surface area contributed by atoms with Gasteiger partial charge in [-0.25, -0.2) is 4.98 Å². The Morgan fingerprint density at radius 2 is 2.04 bits per heavy atom. The maximum Gasteiger partial charge on any atom is 0.294 e. The van der Waals surface area contributed by atoms with Crippen LogP contribution in [0, 0.1) is 0 Å². The van der Waals surface area contributed by atoms with Crippen LogP contribution in [-0.2, 0) is 0 Å². The van der Waals surface area contributed by atoms with Crippen molar-refractivity contribution < 1.29 is 14.4 Å². The topological polar surface area (TPSA) is 88.2 Å². The fourth-order valence-corrected chi connectivity index (χ4v) is 3.29. The number of carbonyl (C=O) groups excluding carboxylic acids is 1. The van der Waals surface area contributed by atoms with E-state index in [0.717, 1.165) is 10.2 Å². The summed E-state index contributed by atoms with van der Waals surface area (Å²) < 4.78 is 5.85. The van der Waals surface area contributed by atoms with Crippen LogP contribution in [0.5, 0.6) is 5.75 Å². The van der Waals surface area contributed by atoms with E-state index in [-0.39, 0.29) is 11.5 Å². The summed E-state index contributed by atoms with van der Waals surface area (Å²) in [7, 11) is 0. The van der Waals surface area contributed by atoms with Crippen molar-refractivity contribution in [3.05, 3.63) is 60.5 Å². The van der Waals surface area contributed by atoms with Crippen LogP contribution in [0.1, 0.15) is 10.6 Å². The summed E-state index contributed by atoms with van der Waals surface area (Å²) in [4.78, 5) is 16.6. The molecule has 2 aromatic heterocycles. The molecule has 0 aliphatic rings. The zero-order valence-electron chi connectivity index (χ0n) is 12.3. The van der Waals surface area contributed by atoms with Crippen LogP contribution in [0.2, 0.25) is 0 Å². The molecule has 0 saturated carbocycles. The summed E-state index contributed by atoms with van der Waals surface area (Å²) in [5.74, 6) is -0.190. The van der Waals surface area contributed by atoms with Gasteiger partial charge in [0.2, 0.25) is 5.76 Å². The SMILES string of the molecule is O=C(Nc1ccc(O)c(-c2nc3ccccc3s2)c1)c1ccno1. The normalized spacial score (nSPS) is 10.8. The van der Waals surface area contributed by atoms with E-state index in [1.54, 1.807) is 12.1 Å². The fourth-order valence-electron chi connectivity index (χ4n) is 2.30. The summed E-state index contributed by atoms with van der Waals surface area (Å²) in [6.45, 7) is 0. The second kappa shape index (κ2) is 5.78. The van der Waals surface area contributed by atoms with Crippen molar-refractivity contribution in [1.29, 1.82) is 0 Å². The Bertz CT molecular complexity index is 992. The Labute approximate surface area is 140 Å². The van der Waals surface area contributed by atoms with Crippen LogP contribution in [0.15, 0.2) is 59.3 Å². The van der Waals surface area contributed by atoms with Gasteiger partial charge in [0, 0.05) is 11.8 Å². The van der Waals surface area contributed by atoms with Crippen molar-refractivity contribution in [3.8, 4) is 16.3 Å². The molecule has 1 amide bonds. The van der Waals surface area contributed by atoms with E-state index in [9.17, 15) is 9.90 Å². The van der Waals surface area contributed by atoms with Crippen molar-refractivity contribution in [2.75, 3.05) is 5.32 Å². The van der Waals surface area contributed by atoms with Crippen molar-refractivity contribution in [1.82, 2.24) is 10.1 Å². The number of fused-ring (bicyclic) bond motifs is 1. The van der Waals surface area contributed by atoms with Gasteiger partial charge in [0.05, 0.1) is 22.0 Å². The molecule has 0 radical (unpaired) electrons. The number of hydrogen-bond acceptors (Lipinski definition) is 6. The molecule has 24 heavy (non-hydrogen) atoms. The molecule has 7 heteroatoms. The number of para-hydroxylation sites is 1. The second-order valence-corrected chi connectivity index (χ2v) is 6.08. The summed E-state index contributed by atoms with van der Waals surface area (Å²) in [6.07, 6.45) is 1.40. The number of phenols is 1. The minimum atomic E-state index is -0.409. The van der Waals surface area contributed by atoms with Crippen molar-refractivity contribution in [3.63, 3.8) is 0 Å². The predicted octanol–water partition coefficient (Wildman–Crippen LogP) is 3.91. The zero-order chi connectivity index (χ0) is 16.5. The van der Waals surface area contributed by atoms with E-state index in [4.69, 9.17) is 4.52 Å². The molecule has 0 spiro atoms. The molecule has 2 N–H and O–H groups in total. The first-order valence-corrected chi connectivity index (χ1v) is 7.93. The van der Waals surface area contributed by atoms with Crippen LogP contribution in [0.4, 0.5) is 5.69 Å². The molecule has 0 unspecified atom stereocenters. The molecule has 4 aromatic rings. The van der Waals surface area contributed by atoms with Gasteiger partial charge in [-0.2, -0.15) is 0 Å². The summed E-state index contributed by atoms with van der Waals surface area (Å²) in [5, 5.41) is 17.1. The summed E-state index contributed by atoms with van der Waals surface area (Å²) in [6, 6.07) is 14.0. The minimum Gasteiger partial charge on any atom is -0.507 e. The van der Waals surface area contributed by atoms with Gasteiger partial charge in [-0.15, -0.1) is 11.3 Å². The highest BCUT2D eigenvalue weighted by Crippen LogP contribution is 2.36. The first-order valence-electron chi connectivity index (χ1n) is 7.12. The Morgan fingerprint density at radius 1 is 1.17 bits per heavy atom. The monoisotopic (exact) mass is 337 g/mol. The van der Waals surface area contributed by atoms with Crippen molar-refractivity contribution >= 4 is 33.1 Å². The van der Waals surface area contributed by atoms with E-state index in [1.807, 2.05) is 24.3 Å². The first-order chi connectivity index (χ1) is 11.7. The average molecular weight is 337 g/mol. The molecule has 0 fully saturated rings. The third-order valence-corrected chi connectivity index (χ3v) is 4.51. The average Bonchev–Trinajstić information content (AvgIpc) is 3.25. The van der Waals surface area contributed by atoms with Gasteiger partial charge >= 0.3 is 0 Å². The molecule has 118 valence electrons. The zero-order valence-corrected chi connectivity index (χ0v) is 13.1. The van der Waals surface area contributed by atoms with E-state index in [2.05, 4.69) is 15.5 Å². The Balaban J connectivity index is 1.69. The Morgan fingerprint density at radius 3 is 2.83 bits per heavy atom. The highest BCUT2D eigenvalue weighted by molar-refractivity contribution is 7.21. The van der Waals surface area contributed by atoms with E-state index >= 15 is 0 Å². The Hall–Kier alpha value is -3.19. The number of anilines is 1. The quantitative estimate of drug-likeness (QED) is 0.553. The van der Waals surface area contributed by atoms with Gasteiger partial charge in [0.25, 0.3) is 5.91 Å². The largest absolute Gasteiger partial charge is 0.507 e. The van der Waals surface area contributed by atoms with Crippen LogP contribution in [-0.4, -0.2) is 21.2 Å². The molecule has 2 heterocycles. The third-order valence-electron chi connectivity index (χ3n) is 3.44. The second-order valence-electron chi connectivity index (χ2n) is 5.05. The number of amides is 1. The number of aromatic hydroxyl groups is 1. The van der Waals surface area contributed by atoms with E-state index < -0.39 is 5.91 Å². The number of rotatable bonds is 3. The molecule has 0 saturated heterocycles. The van der Waals surface area contributed by atoms with Gasteiger partial charge in [0.15, 0.2) is 0 Å². The first kappa shape index (κ1) is 14.4. The highest BCUT2D eigenvalue weighted by atomic mass is 32.1. The number of carbonyl (C=O) groups is 1. The maximum atomic E-state index is 12.0. The van der Waals surface area contributed by atoms with Gasteiger partial charge in [-0.1, -0.05) is 17.3 Å². The van der Waals surface area contributed by atoms with E-state index in [0.29, 0.717) is 16.3 Å². The van der Waals surface area contributed by atoms with Crippen LogP contribution in [0.25, 0.3) is 20.8 Å². The van der Waals surface area contributed by atoms with Gasteiger partial charge in [0.1, 0.15) is 10.8 Å². The highest BCUT2D eigenvalue weighted by Gasteiger charge is 2.14. The van der Waals surface area contributed by atoms with Crippen LogP contribution in [0.3, 0.4) is 0 Å². The molecular weight excluding hydrogens is 326 g/mol. The lowest BCUT2D eigenvalue weighted by atomic mass is 10.2. The van der Waals surface area contributed by atoms with Crippen LogP contribution < -0.4 is 5.32 Å². The molecule has 0 aliphatic carbocycles. The maximum absolute atomic E-state index is 12.0. The third kappa shape index (κ3) is 2.61. The lowest BCUT2D eigenvalue weighted by molar-refractivity contribution is 0.0988. The van der Waals surface area contributed by atoms with Gasteiger partial charge < -0.3 is 14.9 Å². The Kier molecular flexibility index (Phi) is 3.47. The number of nitrogens with one attached hydrogen (secondary N) is 1. The van der Waals surface area contributed by atoms with Crippen molar-refractivity contribution in [2.45, 2.75) is 0 Å². The summed E-state index contributed by atoms with van der Waals surface area (Å²) >= 11 is 1.48. The molecule has 0 bridgehead atoms. The summed E-state index contributed by atoms with van der Waals surface area (Å²) in [5.41, 5.74) is 1.96. The van der Waals surface area contributed by atoms with Gasteiger partial charge in [-0.05, 0) is 30.3 Å². The molecule has 4 rings (SSSR count). The molecule has 0 aliphatic heterocycles. The van der Waals surface area contributed by atoms with Crippen molar-refractivity contribution in [2.24, 2.45) is 0 Å². The predicted molar refractivity (Wildman–Crippen MR) is 91.2 cm³/mol. The lowest BCUT2D eigenvalue weighted by Gasteiger charge is -2.06. The molecule has 2 aromatic carbocycles. The standard InChI is InChI=1S/C17H11N3O3S/c21-13-6-5-10(19-16(22)14-7-8-18-23-14)9-11(13)17-20-12-3-1-2-4-15(12)24-17/h1-9,21H,(H,19,22). The fraction of sp³-hybridized carbons (Fsp3) is 0. The van der Waals surface area contributed by atoms with Gasteiger partial charge in [-0.3, -0.25) is 4.79 Å². The molecule has 0 atom stereocenters. The number of nitrogens with zero attached hydrogens (tertiary/aromatic N) is 2. The minimum absolute atomic E-state index is 0.103. The molecule has 6 nitrogen and oxygen atoms in total. The number of aromatic nitrogens is 2. The number of phenolic OH excluding ortho intramolecular Hbond substituents is 1. The number of benzene rings is 2. The van der Waals surface area contributed by atoms with E-state index in [1.165, 1.54) is 29.7 Å². The lowest BCUT2D eigenvalue weighted by Crippen LogP contribution is -2.10. The smallest absolute Gasteiger partial charge is 0.294 e. The number of thiazole rings is 1.